The maximum absolute atomic E-state index is 13.4. The zero-order chi connectivity index (χ0) is 13.8. The molecule has 0 spiro atoms. The van der Waals surface area contributed by atoms with Gasteiger partial charge in [-0.3, -0.25) is 0 Å². The Hall–Kier alpha value is -2.61. The molecule has 5 heteroatoms. The molecule has 2 rings (SSSR count). The van der Waals surface area contributed by atoms with E-state index in [9.17, 15) is 8.78 Å². The van der Waals surface area contributed by atoms with E-state index in [-0.39, 0.29) is 12.2 Å². The van der Waals surface area contributed by atoms with Gasteiger partial charge in [0.1, 0.15) is 5.75 Å². The number of hydrogen-bond acceptors (Lipinski definition) is 3. The Bertz CT molecular complexity index is 650. The Morgan fingerprint density at radius 1 is 1.21 bits per heavy atom. The summed E-state index contributed by atoms with van der Waals surface area (Å²) in [5, 5.41) is 8.65. The summed E-state index contributed by atoms with van der Waals surface area (Å²) in [6.07, 6.45) is 0.120. The van der Waals surface area contributed by atoms with Crippen molar-refractivity contribution in [3.8, 4) is 17.6 Å². The standard InChI is InChI=1S/C14H10F2N2O/c15-11-2-1-3-13(14(11)16)19-10-4-5-12(18)9(8-10)6-7-17/h1-5,8H,6,18H2. The summed E-state index contributed by atoms with van der Waals surface area (Å²) in [5.74, 6) is -1.96. The highest BCUT2D eigenvalue weighted by atomic mass is 19.2. The van der Waals surface area contributed by atoms with Crippen LogP contribution in [0.3, 0.4) is 0 Å². The van der Waals surface area contributed by atoms with Crippen LogP contribution in [0.4, 0.5) is 14.5 Å². The number of halogens is 2. The first kappa shape index (κ1) is 12.8. The number of nitriles is 1. The van der Waals surface area contributed by atoms with Crippen molar-refractivity contribution in [2.75, 3.05) is 5.73 Å². The summed E-state index contributed by atoms with van der Waals surface area (Å²) >= 11 is 0. The third-order valence-corrected chi connectivity index (χ3v) is 2.53. The quantitative estimate of drug-likeness (QED) is 0.860. The van der Waals surface area contributed by atoms with E-state index in [0.717, 1.165) is 6.07 Å². The SMILES string of the molecule is N#CCc1cc(Oc2cccc(F)c2F)ccc1N. The molecule has 0 aromatic heterocycles. The summed E-state index contributed by atoms with van der Waals surface area (Å²) in [7, 11) is 0. The predicted molar refractivity (Wildman–Crippen MR) is 66.6 cm³/mol. The predicted octanol–water partition coefficient (Wildman–Crippen LogP) is 3.41. The number of nitrogens with zero attached hydrogens (tertiary/aromatic N) is 1. The zero-order valence-electron chi connectivity index (χ0n) is 9.86. The minimum absolute atomic E-state index is 0.120. The Balaban J connectivity index is 2.31. The second-order valence-electron chi connectivity index (χ2n) is 3.85. The molecule has 0 fully saturated rings. The van der Waals surface area contributed by atoms with Crippen molar-refractivity contribution in [3.63, 3.8) is 0 Å². The van der Waals surface area contributed by atoms with Crippen LogP contribution in [0.15, 0.2) is 36.4 Å². The molecule has 0 bridgehead atoms. The molecule has 0 amide bonds. The third kappa shape index (κ3) is 2.80. The lowest BCUT2D eigenvalue weighted by Gasteiger charge is -2.09. The van der Waals surface area contributed by atoms with Gasteiger partial charge in [-0.2, -0.15) is 9.65 Å². The van der Waals surface area contributed by atoms with E-state index in [1.165, 1.54) is 24.3 Å². The van der Waals surface area contributed by atoms with Crippen molar-refractivity contribution in [3.05, 3.63) is 53.6 Å². The third-order valence-electron chi connectivity index (χ3n) is 2.53. The average Bonchev–Trinajstić information content (AvgIpc) is 2.39. The summed E-state index contributed by atoms with van der Waals surface area (Å²) < 4.78 is 31.7. The van der Waals surface area contributed by atoms with Gasteiger partial charge in [-0.25, -0.2) is 4.39 Å². The molecular formula is C14H10F2N2O. The second kappa shape index (κ2) is 5.36. The number of anilines is 1. The zero-order valence-corrected chi connectivity index (χ0v) is 9.86. The monoisotopic (exact) mass is 260 g/mol. The minimum atomic E-state index is -1.05. The number of rotatable bonds is 3. The molecule has 0 radical (unpaired) electrons. The van der Waals surface area contributed by atoms with Crippen molar-refractivity contribution in [2.24, 2.45) is 0 Å². The molecule has 3 nitrogen and oxygen atoms in total. The first-order chi connectivity index (χ1) is 9.11. The van der Waals surface area contributed by atoms with Crippen LogP contribution in [0, 0.1) is 23.0 Å². The maximum atomic E-state index is 13.4. The lowest BCUT2D eigenvalue weighted by Crippen LogP contribution is -1.96. The van der Waals surface area contributed by atoms with Crippen LogP contribution in [-0.2, 0) is 6.42 Å². The molecular weight excluding hydrogens is 250 g/mol. The Kier molecular flexibility index (Phi) is 3.62. The molecule has 0 aliphatic carbocycles. The molecule has 0 aliphatic heterocycles. The van der Waals surface area contributed by atoms with Crippen LogP contribution < -0.4 is 10.5 Å². The van der Waals surface area contributed by atoms with Gasteiger partial charge in [0.2, 0.25) is 5.82 Å². The molecule has 96 valence electrons. The van der Waals surface area contributed by atoms with Crippen LogP contribution in [0.2, 0.25) is 0 Å². The van der Waals surface area contributed by atoms with Gasteiger partial charge in [-0.1, -0.05) is 6.07 Å². The van der Waals surface area contributed by atoms with E-state index in [2.05, 4.69) is 0 Å². The van der Waals surface area contributed by atoms with Crippen molar-refractivity contribution >= 4 is 5.69 Å². The Morgan fingerprint density at radius 2 is 2.00 bits per heavy atom. The van der Waals surface area contributed by atoms with Crippen molar-refractivity contribution < 1.29 is 13.5 Å². The second-order valence-corrected chi connectivity index (χ2v) is 3.85. The molecule has 2 aromatic carbocycles. The van der Waals surface area contributed by atoms with Gasteiger partial charge in [0, 0.05) is 5.69 Å². The largest absolute Gasteiger partial charge is 0.454 e. The van der Waals surface area contributed by atoms with Crippen molar-refractivity contribution in [1.29, 1.82) is 5.26 Å². The van der Waals surface area contributed by atoms with Crippen LogP contribution in [0.5, 0.6) is 11.5 Å². The minimum Gasteiger partial charge on any atom is -0.454 e. The molecule has 0 saturated heterocycles. The van der Waals surface area contributed by atoms with Crippen molar-refractivity contribution in [1.82, 2.24) is 0 Å². The fraction of sp³-hybridized carbons (Fsp3) is 0.0714. The van der Waals surface area contributed by atoms with E-state index < -0.39 is 11.6 Å². The smallest absolute Gasteiger partial charge is 0.201 e. The molecule has 0 unspecified atom stereocenters. The molecule has 2 N–H and O–H groups in total. The molecule has 0 atom stereocenters. The number of nitrogen functional groups attached to an aromatic ring is 1. The summed E-state index contributed by atoms with van der Waals surface area (Å²) in [6.45, 7) is 0. The average molecular weight is 260 g/mol. The number of benzene rings is 2. The summed E-state index contributed by atoms with van der Waals surface area (Å²) in [4.78, 5) is 0. The van der Waals surface area contributed by atoms with Crippen LogP contribution in [0.1, 0.15) is 5.56 Å². The number of hydrogen-bond donors (Lipinski definition) is 1. The molecule has 0 saturated carbocycles. The van der Waals surface area contributed by atoms with Gasteiger partial charge in [0.15, 0.2) is 11.6 Å². The maximum Gasteiger partial charge on any atom is 0.201 e. The van der Waals surface area contributed by atoms with Gasteiger partial charge in [-0.15, -0.1) is 0 Å². The van der Waals surface area contributed by atoms with E-state index in [0.29, 0.717) is 17.0 Å². The van der Waals surface area contributed by atoms with Gasteiger partial charge in [0.25, 0.3) is 0 Å². The number of ether oxygens (including phenoxy) is 1. The first-order valence-electron chi connectivity index (χ1n) is 5.49. The van der Waals surface area contributed by atoms with Gasteiger partial charge in [0.05, 0.1) is 12.5 Å². The van der Waals surface area contributed by atoms with E-state index in [4.69, 9.17) is 15.7 Å². The fourth-order valence-electron chi connectivity index (χ4n) is 1.57. The highest BCUT2D eigenvalue weighted by Gasteiger charge is 2.10. The highest BCUT2D eigenvalue weighted by Crippen LogP contribution is 2.28. The summed E-state index contributed by atoms with van der Waals surface area (Å²) in [5.41, 5.74) is 6.71. The van der Waals surface area contributed by atoms with Gasteiger partial charge in [-0.05, 0) is 35.9 Å². The van der Waals surface area contributed by atoms with Crippen LogP contribution >= 0.6 is 0 Å². The Morgan fingerprint density at radius 3 is 2.74 bits per heavy atom. The lowest BCUT2D eigenvalue weighted by atomic mass is 10.1. The van der Waals surface area contributed by atoms with Crippen LogP contribution in [-0.4, -0.2) is 0 Å². The van der Waals surface area contributed by atoms with Crippen LogP contribution in [0.25, 0.3) is 0 Å². The molecule has 19 heavy (non-hydrogen) atoms. The van der Waals surface area contributed by atoms with Gasteiger partial charge >= 0.3 is 0 Å². The highest BCUT2D eigenvalue weighted by molar-refractivity contribution is 5.52. The molecule has 0 heterocycles. The van der Waals surface area contributed by atoms with E-state index in [1.807, 2.05) is 6.07 Å². The molecule has 0 aliphatic rings. The van der Waals surface area contributed by atoms with E-state index >= 15 is 0 Å². The fourth-order valence-corrected chi connectivity index (χ4v) is 1.57. The van der Waals surface area contributed by atoms with Gasteiger partial charge < -0.3 is 10.5 Å². The normalized spacial score (nSPS) is 9.95. The Labute approximate surface area is 108 Å². The molecule has 2 aromatic rings. The topological polar surface area (TPSA) is 59.0 Å². The lowest BCUT2D eigenvalue weighted by molar-refractivity contribution is 0.416. The van der Waals surface area contributed by atoms with E-state index in [1.54, 1.807) is 6.07 Å². The van der Waals surface area contributed by atoms with Crippen molar-refractivity contribution in [2.45, 2.75) is 6.42 Å². The number of nitrogens with two attached hydrogens (primary N) is 1. The summed E-state index contributed by atoms with van der Waals surface area (Å²) in [6, 6.07) is 10.3. The first-order valence-corrected chi connectivity index (χ1v) is 5.49.